The van der Waals surface area contributed by atoms with Crippen LogP contribution < -0.4 is 0 Å². The van der Waals surface area contributed by atoms with Crippen LogP contribution in [0, 0.1) is 11.8 Å². The molecule has 1 N–H and O–H groups in total. The van der Waals surface area contributed by atoms with Gasteiger partial charge in [-0.3, -0.25) is 5.10 Å². The van der Waals surface area contributed by atoms with Crippen LogP contribution in [-0.4, -0.2) is 30.5 Å². The number of ether oxygens (including phenoxy) is 1. The van der Waals surface area contributed by atoms with Crippen LogP contribution in [0.4, 0.5) is 0 Å². The summed E-state index contributed by atoms with van der Waals surface area (Å²) in [7, 11) is 1.76. The van der Waals surface area contributed by atoms with Crippen molar-refractivity contribution >= 4 is 0 Å². The van der Waals surface area contributed by atoms with E-state index >= 15 is 0 Å². The van der Waals surface area contributed by atoms with Gasteiger partial charge in [-0.2, -0.15) is 5.10 Å². The van der Waals surface area contributed by atoms with E-state index < -0.39 is 0 Å². The lowest BCUT2D eigenvalue weighted by Gasteiger charge is -2.04. The first-order chi connectivity index (χ1) is 8.36. The molecular formula is C12H18N2O3. The molecule has 94 valence electrons. The van der Waals surface area contributed by atoms with Gasteiger partial charge >= 0.3 is 0 Å². The molecule has 0 spiro atoms. The average molecular weight is 238 g/mol. The summed E-state index contributed by atoms with van der Waals surface area (Å²) in [6.45, 7) is 3.79. The highest BCUT2D eigenvalue weighted by molar-refractivity contribution is 5.41. The number of hydrogen-bond donors (Lipinski definition) is 1. The number of fused-ring (bicyclic) bond motifs is 3. The first-order valence-corrected chi connectivity index (χ1v) is 6.16. The summed E-state index contributed by atoms with van der Waals surface area (Å²) in [4.78, 5) is 9.98. The largest absolute Gasteiger partial charge is 0.384 e. The number of nitrogens with zero attached hydrogens (tertiary/aromatic N) is 1. The van der Waals surface area contributed by atoms with Gasteiger partial charge in [-0.1, -0.05) is 0 Å². The molecule has 2 aliphatic rings. The molecule has 0 bridgehead atoms. The van der Waals surface area contributed by atoms with Crippen molar-refractivity contribution in [1.82, 2.24) is 10.2 Å². The maximum absolute atomic E-state index is 5.22. The van der Waals surface area contributed by atoms with Crippen LogP contribution in [0.2, 0.25) is 0 Å². The molecule has 1 aromatic heterocycles. The number of aromatic amines is 1. The van der Waals surface area contributed by atoms with E-state index in [1.54, 1.807) is 7.11 Å². The first kappa shape index (κ1) is 11.2. The van der Waals surface area contributed by atoms with Crippen molar-refractivity contribution < 1.29 is 14.5 Å². The fraction of sp³-hybridized carbons (Fsp3) is 0.750. The third-order valence-electron chi connectivity index (χ3n) is 3.84. The van der Waals surface area contributed by atoms with Crippen molar-refractivity contribution in [2.75, 3.05) is 20.3 Å². The number of aromatic nitrogens is 2. The molecule has 3 rings (SSSR count). The van der Waals surface area contributed by atoms with E-state index in [-0.39, 0.29) is 0 Å². The minimum atomic E-state index is 0.463. The monoisotopic (exact) mass is 238 g/mol. The Labute approximate surface area is 100 Å². The van der Waals surface area contributed by atoms with Crippen molar-refractivity contribution in [2.45, 2.75) is 25.9 Å². The Hall–Kier alpha value is -0.910. The fourth-order valence-corrected chi connectivity index (χ4v) is 3.01. The smallest absolute Gasteiger partial charge is 0.124 e. The predicted molar refractivity (Wildman–Crippen MR) is 60.3 cm³/mol. The molecule has 0 unspecified atom stereocenters. The minimum Gasteiger partial charge on any atom is -0.384 e. The number of nitrogens with one attached hydrogen (secondary N) is 1. The summed E-state index contributed by atoms with van der Waals surface area (Å²) in [5.74, 6) is 2.03. The van der Waals surface area contributed by atoms with Crippen molar-refractivity contribution in [3.05, 3.63) is 17.0 Å². The molecule has 17 heavy (non-hydrogen) atoms. The Morgan fingerprint density at radius 1 is 1.41 bits per heavy atom. The van der Waals surface area contributed by atoms with Gasteiger partial charge in [0.15, 0.2) is 0 Å². The second-order valence-electron chi connectivity index (χ2n) is 4.75. The van der Waals surface area contributed by atoms with Crippen LogP contribution in [-0.2, 0) is 27.5 Å². The number of rotatable bonds is 6. The summed E-state index contributed by atoms with van der Waals surface area (Å²) in [6, 6.07) is 0. The van der Waals surface area contributed by atoms with E-state index in [1.807, 2.05) is 6.92 Å². The van der Waals surface area contributed by atoms with Gasteiger partial charge in [0, 0.05) is 19.6 Å². The zero-order valence-electron chi connectivity index (χ0n) is 10.2. The summed E-state index contributed by atoms with van der Waals surface area (Å²) in [5.41, 5.74) is 3.64. The molecule has 5 heteroatoms. The Kier molecular flexibility index (Phi) is 2.90. The summed E-state index contributed by atoms with van der Waals surface area (Å²) in [6.07, 6.45) is 1.11. The molecule has 0 saturated heterocycles. The van der Waals surface area contributed by atoms with Crippen molar-refractivity contribution in [3.63, 3.8) is 0 Å². The van der Waals surface area contributed by atoms with Crippen molar-refractivity contribution in [2.24, 2.45) is 11.8 Å². The Morgan fingerprint density at radius 3 is 3.06 bits per heavy atom. The van der Waals surface area contributed by atoms with Crippen LogP contribution in [0.5, 0.6) is 0 Å². The molecule has 0 aromatic carbocycles. The quantitative estimate of drug-likeness (QED) is 0.462. The predicted octanol–water partition coefficient (Wildman–Crippen LogP) is 1.41. The van der Waals surface area contributed by atoms with Gasteiger partial charge in [-0.05, 0) is 30.7 Å². The molecule has 2 aliphatic carbocycles. The lowest BCUT2D eigenvalue weighted by atomic mass is 10.1. The first-order valence-electron chi connectivity index (χ1n) is 6.16. The van der Waals surface area contributed by atoms with Gasteiger partial charge in [0.25, 0.3) is 0 Å². The molecular weight excluding hydrogens is 220 g/mol. The fourth-order valence-electron chi connectivity index (χ4n) is 3.01. The molecule has 0 amide bonds. The highest BCUT2D eigenvalue weighted by Gasteiger charge is 2.57. The Bertz CT molecular complexity index is 404. The van der Waals surface area contributed by atoms with E-state index in [1.165, 1.54) is 11.3 Å². The average Bonchev–Trinajstić information content (AvgIpc) is 2.72. The van der Waals surface area contributed by atoms with Crippen LogP contribution in [0.15, 0.2) is 0 Å². The van der Waals surface area contributed by atoms with Crippen molar-refractivity contribution in [1.29, 1.82) is 0 Å². The van der Waals surface area contributed by atoms with Gasteiger partial charge in [-0.25, -0.2) is 9.78 Å². The maximum Gasteiger partial charge on any atom is 0.124 e. The molecule has 1 fully saturated rings. The second kappa shape index (κ2) is 4.40. The number of methoxy groups -OCH3 is 1. The van der Waals surface area contributed by atoms with Gasteiger partial charge in [0.2, 0.25) is 0 Å². The van der Waals surface area contributed by atoms with Crippen LogP contribution in [0.25, 0.3) is 0 Å². The van der Waals surface area contributed by atoms with Crippen molar-refractivity contribution in [3.8, 4) is 0 Å². The maximum atomic E-state index is 5.22. The standard InChI is InChI=1S/C12H18N2O3/c1-3-16-17-6-10-8-4-7-9(5-15-2)11(7)12(8)14-13-10/h7,9,11H,3-6H2,1-2H3,(H,13,14)/t7-,9+,11-/m0/s1. The van der Waals surface area contributed by atoms with E-state index in [0.717, 1.165) is 24.6 Å². The van der Waals surface area contributed by atoms with Gasteiger partial charge in [0.05, 0.1) is 18.0 Å². The third-order valence-corrected chi connectivity index (χ3v) is 3.84. The molecule has 3 atom stereocenters. The normalized spacial score (nSPS) is 29.2. The second-order valence-corrected chi connectivity index (χ2v) is 4.75. The topological polar surface area (TPSA) is 56.4 Å². The van der Waals surface area contributed by atoms with E-state index in [9.17, 15) is 0 Å². The molecule has 0 radical (unpaired) electrons. The zero-order valence-corrected chi connectivity index (χ0v) is 10.2. The van der Waals surface area contributed by atoms with Gasteiger partial charge in [0.1, 0.15) is 6.61 Å². The highest BCUT2D eigenvalue weighted by atomic mass is 17.2. The van der Waals surface area contributed by atoms with E-state index in [4.69, 9.17) is 14.5 Å². The lowest BCUT2D eigenvalue weighted by molar-refractivity contribution is -0.301. The SMILES string of the molecule is CCOOCc1[nH]nc2c1C[C@H]1[C@@H](COC)[C@@H]21. The summed E-state index contributed by atoms with van der Waals surface area (Å²) < 4.78 is 5.22. The molecule has 0 aliphatic heterocycles. The third kappa shape index (κ3) is 1.78. The zero-order chi connectivity index (χ0) is 11.8. The number of H-pyrrole nitrogens is 1. The van der Waals surface area contributed by atoms with E-state index in [2.05, 4.69) is 10.2 Å². The van der Waals surface area contributed by atoms with Crippen LogP contribution >= 0.6 is 0 Å². The number of hydrogen-bond acceptors (Lipinski definition) is 4. The summed E-state index contributed by atoms with van der Waals surface area (Å²) in [5, 5.41) is 7.47. The van der Waals surface area contributed by atoms with Gasteiger partial charge < -0.3 is 4.74 Å². The Balaban J connectivity index is 1.65. The molecule has 1 aromatic rings. The highest BCUT2D eigenvalue weighted by Crippen LogP contribution is 2.61. The molecule has 1 heterocycles. The molecule has 5 nitrogen and oxygen atoms in total. The van der Waals surface area contributed by atoms with E-state index in [0.29, 0.717) is 25.0 Å². The minimum absolute atomic E-state index is 0.463. The van der Waals surface area contributed by atoms with Crippen LogP contribution in [0.1, 0.15) is 29.8 Å². The van der Waals surface area contributed by atoms with Gasteiger partial charge in [-0.15, -0.1) is 0 Å². The van der Waals surface area contributed by atoms with Crippen LogP contribution in [0.3, 0.4) is 0 Å². The Morgan fingerprint density at radius 2 is 2.29 bits per heavy atom. The molecule has 1 saturated carbocycles. The summed E-state index contributed by atoms with van der Waals surface area (Å²) >= 11 is 0. The lowest BCUT2D eigenvalue weighted by Crippen LogP contribution is -2.02.